The van der Waals surface area contributed by atoms with Crippen LogP contribution in [0.25, 0.3) is 0 Å². The van der Waals surface area contributed by atoms with Gasteiger partial charge in [-0.05, 0) is 39.5 Å². The predicted octanol–water partition coefficient (Wildman–Crippen LogP) is 3.95. The van der Waals surface area contributed by atoms with Crippen LogP contribution >= 0.6 is 0 Å². The lowest BCUT2D eigenvalue weighted by atomic mass is 10.1. The summed E-state index contributed by atoms with van der Waals surface area (Å²) in [5, 5.41) is 0. The van der Waals surface area contributed by atoms with Crippen LogP contribution in [0.1, 0.15) is 59.3 Å². The van der Waals surface area contributed by atoms with E-state index in [1.165, 1.54) is 0 Å². The minimum Gasteiger partial charge on any atom is -0.462 e. The lowest BCUT2D eigenvalue weighted by molar-refractivity contribution is -0.146. The normalized spacial score (nSPS) is 11.6. The summed E-state index contributed by atoms with van der Waals surface area (Å²) >= 11 is 0. The summed E-state index contributed by atoms with van der Waals surface area (Å²) in [6.45, 7) is 12.8. The number of hydrogen-bond acceptors (Lipinski definition) is 4. The van der Waals surface area contributed by atoms with Crippen molar-refractivity contribution in [1.82, 2.24) is 0 Å². The zero-order chi connectivity index (χ0) is 16.3. The highest BCUT2D eigenvalue weighted by Gasteiger charge is 2.15. The van der Waals surface area contributed by atoms with Gasteiger partial charge in [0.15, 0.2) is 0 Å². The van der Waals surface area contributed by atoms with Gasteiger partial charge in [-0.1, -0.05) is 32.9 Å². The summed E-state index contributed by atoms with van der Waals surface area (Å²) in [5.74, 6) is -0.730. The molecule has 0 aromatic rings. The van der Waals surface area contributed by atoms with E-state index in [2.05, 4.69) is 20.1 Å². The van der Waals surface area contributed by atoms with Gasteiger partial charge < -0.3 is 9.47 Å². The fourth-order valence-electron chi connectivity index (χ4n) is 1.74. The molecule has 4 heteroatoms. The minimum absolute atomic E-state index is 0.135. The maximum absolute atomic E-state index is 11.6. The van der Waals surface area contributed by atoms with E-state index in [9.17, 15) is 9.59 Å². The molecule has 0 bridgehead atoms. The second-order valence-electron chi connectivity index (χ2n) is 5.36. The topological polar surface area (TPSA) is 52.6 Å². The molecule has 21 heavy (non-hydrogen) atoms. The van der Waals surface area contributed by atoms with E-state index >= 15 is 0 Å². The summed E-state index contributed by atoms with van der Waals surface area (Å²) < 4.78 is 10.5. The zero-order valence-corrected chi connectivity index (χ0v) is 13.6. The SMILES string of the molecule is C=C(C)C(=O)OCCCC(CCCCC)OC(=O)C(=C)C. The molecule has 0 radical (unpaired) electrons. The van der Waals surface area contributed by atoms with Crippen LogP contribution in [0.5, 0.6) is 0 Å². The second-order valence-corrected chi connectivity index (χ2v) is 5.36. The highest BCUT2D eigenvalue weighted by molar-refractivity contribution is 5.87. The van der Waals surface area contributed by atoms with Gasteiger partial charge in [0.1, 0.15) is 6.10 Å². The highest BCUT2D eigenvalue weighted by atomic mass is 16.5. The van der Waals surface area contributed by atoms with E-state index in [0.29, 0.717) is 30.6 Å². The van der Waals surface area contributed by atoms with Crippen LogP contribution in [-0.2, 0) is 19.1 Å². The van der Waals surface area contributed by atoms with Gasteiger partial charge in [-0.3, -0.25) is 0 Å². The van der Waals surface area contributed by atoms with Crippen LogP contribution < -0.4 is 0 Å². The standard InChI is InChI=1S/C17H28O4/c1-6-7-8-10-15(21-17(19)14(4)5)11-9-12-20-16(18)13(2)3/h15H,2,4,6-12H2,1,3,5H3. The molecule has 0 fully saturated rings. The third-order valence-corrected chi connectivity index (χ3v) is 3.00. The summed E-state index contributed by atoms with van der Waals surface area (Å²) in [6, 6.07) is 0. The zero-order valence-electron chi connectivity index (χ0n) is 13.6. The molecule has 0 aromatic heterocycles. The van der Waals surface area contributed by atoms with Gasteiger partial charge in [-0.15, -0.1) is 0 Å². The van der Waals surface area contributed by atoms with Crippen molar-refractivity contribution in [3.63, 3.8) is 0 Å². The summed E-state index contributed by atoms with van der Waals surface area (Å²) in [4.78, 5) is 22.8. The predicted molar refractivity (Wildman–Crippen MR) is 83.8 cm³/mol. The molecule has 0 aliphatic heterocycles. The largest absolute Gasteiger partial charge is 0.462 e. The van der Waals surface area contributed by atoms with E-state index in [0.717, 1.165) is 25.7 Å². The number of rotatable bonds is 11. The van der Waals surface area contributed by atoms with Crippen LogP contribution in [0.3, 0.4) is 0 Å². The first kappa shape index (κ1) is 19.4. The average molecular weight is 296 g/mol. The summed E-state index contributed by atoms with van der Waals surface area (Å²) in [5.41, 5.74) is 0.799. The van der Waals surface area contributed by atoms with Crippen molar-refractivity contribution in [2.75, 3.05) is 6.61 Å². The van der Waals surface area contributed by atoms with E-state index < -0.39 is 0 Å². The Morgan fingerprint density at radius 3 is 2.05 bits per heavy atom. The molecule has 0 saturated carbocycles. The first-order valence-electron chi connectivity index (χ1n) is 7.57. The Bertz CT molecular complexity index is 371. The van der Waals surface area contributed by atoms with E-state index in [1.807, 2.05) is 0 Å². The van der Waals surface area contributed by atoms with E-state index in [4.69, 9.17) is 9.47 Å². The van der Waals surface area contributed by atoms with Crippen LogP contribution in [0.4, 0.5) is 0 Å². The average Bonchev–Trinajstić information content (AvgIpc) is 2.42. The van der Waals surface area contributed by atoms with Crippen molar-refractivity contribution in [3.8, 4) is 0 Å². The molecule has 0 aromatic carbocycles. The van der Waals surface area contributed by atoms with Gasteiger partial charge in [-0.25, -0.2) is 9.59 Å². The van der Waals surface area contributed by atoms with Crippen molar-refractivity contribution < 1.29 is 19.1 Å². The lowest BCUT2D eigenvalue weighted by Crippen LogP contribution is -2.19. The van der Waals surface area contributed by atoms with Crippen molar-refractivity contribution in [3.05, 3.63) is 24.3 Å². The maximum Gasteiger partial charge on any atom is 0.333 e. The Balaban J connectivity index is 4.14. The van der Waals surface area contributed by atoms with Crippen LogP contribution in [0.15, 0.2) is 24.3 Å². The number of carbonyl (C=O) groups excluding carboxylic acids is 2. The molecule has 0 aliphatic carbocycles. The molecule has 0 saturated heterocycles. The monoisotopic (exact) mass is 296 g/mol. The molecule has 1 unspecified atom stereocenters. The number of ether oxygens (including phenoxy) is 2. The Labute approximate surface area is 128 Å². The molecule has 0 amide bonds. The number of esters is 2. The van der Waals surface area contributed by atoms with Gasteiger partial charge in [0.05, 0.1) is 6.61 Å². The Hall–Kier alpha value is -1.58. The first-order valence-corrected chi connectivity index (χ1v) is 7.57. The van der Waals surface area contributed by atoms with E-state index in [1.54, 1.807) is 13.8 Å². The molecular formula is C17H28O4. The quantitative estimate of drug-likeness (QED) is 0.329. The second kappa shape index (κ2) is 11.1. The van der Waals surface area contributed by atoms with E-state index in [-0.39, 0.29) is 18.0 Å². The lowest BCUT2D eigenvalue weighted by Gasteiger charge is -2.18. The fraction of sp³-hybridized carbons (Fsp3) is 0.647. The molecule has 0 heterocycles. The van der Waals surface area contributed by atoms with Gasteiger partial charge in [0.25, 0.3) is 0 Å². The third kappa shape index (κ3) is 9.88. The molecule has 0 N–H and O–H groups in total. The molecule has 0 aliphatic rings. The minimum atomic E-state index is -0.378. The number of unbranched alkanes of at least 4 members (excludes halogenated alkanes) is 2. The van der Waals surface area contributed by atoms with Gasteiger partial charge in [-0.2, -0.15) is 0 Å². The van der Waals surface area contributed by atoms with Gasteiger partial charge in [0.2, 0.25) is 0 Å². The Morgan fingerprint density at radius 2 is 1.52 bits per heavy atom. The molecule has 1 atom stereocenters. The van der Waals surface area contributed by atoms with Crippen LogP contribution in [-0.4, -0.2) is 24.6 Å². The molecule has 120 valence electrons. The van der Waals surface area contributed by atoms with Crippen molar-refractivity contribution in [1.29, 1.82) is 0 Å². The molecular weight excluding hydrogens is 268 g/mol. The smallest absolute Gasteiger partial charge is 0.333 e. The number of carbonyl (C=O) groups is 2. The summed E-state index contributed by atoms with van der Waals surface area (Å²) in [7, 11) is 0. The van der Waals surface area contributed by atoms with Crippen molar-refractivity contribution >= 4 is 11.9 Å². The molecule has 0 spiro atoms. The van der Waals surface area contributed by atoms with Gasteiger partial charge >= 0.3 is 11.9 Å². The van der Waals surface area contributed by atoms with Crippen LogP contribution in [0.2, 0.25) is 0 Å². The highest BCUT2D eigenvalue weighted by Crippen LogP contribution is 2.14. The van der Waals surface area contributed by atoms with Gasteiger partial charge in [0, 0.05) is 11.1 Å². The molecule has 0 rings (SSSR count). The fourth-order valence-corrected chi connectivity index (χ4v) is 1.74. The maximum atomic E-state index is 11.6. The Morgan fingerprint density at radius 1 is 0.952 bits per heavy atom. The first-order chi connectivity index (χ1) is 9.88. The van der Waals surface area contributed by atoms with Crippen molar-refractivity contribution in [2.24, 2.45) is 0 Å². The summed E-state index contributed by atoms with van der Waals surface area (Å²) in [6.07, 6.45) is 5.32. The Kier molecular flexibility index (Phi) is 10.3. The third-order valence-electron chi connectivity index (χ3n) is 3.00. The van der Waals surface area contributed by atoms with Crippen molar-refractivity contribution in [2.45, 2.75) is 65.4 Å². The van der Waals surface area contributed by atoms with Crippen LogP contribution in [0, 0.1) is 0 Å². The molecule has 4 nitrogen and oxygen atoms in total. The number of hydrogen-bond donors (Lipinski definition) is 0.